The summed E-state index contributed by atoms with van der Waals surface area (Å²) < 4.78 is 6.44. The van der Waals surface area contributed by atoms with Gasteiger partial charge in [-0.1, -0.05) is 22.9 Å². The zero-order chi connectivity index (χ0) is 26.0. The van der Waals surface area contributed by atoms with Crippen LogP contribution in [-0.2, 0) is 19.1 Å². The number of nitrogens with zero attached hydrogens (tertiary/aromatic N) is 2. The molecule has 3 unspecified atom stereocenters. The lowest BCUT2D eigenvalue weighted by atomic mass is 9.70. The Balaban J connectivity index is 1.62. The van der Waals surface area contributed by atoms with Gasteiger partial charge >= 0.3 is 0 Å². The number of amides is 3. The van der Waals surface area contributed by atoms with Crippen molar-refractivity contribution in [2.24, 2.45) is 11.8 Å². The first-order valence-electron chi connectivity index (χ1n) is 13.0. The average Bonchev–Trinajstić information content (AvgIpc) is 3.46. The molecule has 10 heteroatoms. The Morgan fingerprint density at radius 2 is 1.89 bits per heavy atom. The summed E-state index contributed by atoms with van der Waals surface area (Å²) in [4.78, 5) is 44.2. The number of ether oxygens (including phenoxy) is 1. The van der Waals surface area contributed by atoms with E-state index >= 15 is 0 Å². The Kier molecular flexibility index (Phi) is 8.26. The van der Waals surface area contributed by atoms with Crippen molar-refractivity contribution in [1.29, 1.82) is 0 Å². The second-order valence-corrected chi connectivity index (χ2v) is 10.9. The Hall–Kier alpha value is -2.17. The molecule has 3 amide bonds. The number of hydrogen-bond donors (Lipinski definition) is 3. The van der Waals surface area contributed by atoms with Gasteiger partial charge in [0.25, 0.3) is 0 Å². The van der Waals surface area contributed by atoms with Crippen molar-refractivity contribution in [1.82, 2.24) is 10.2 Å². The number of anilines is 2. The lowest BCUT2D eigenvalue weighted by Gasteiger charge is -2.34. The molecule has 4 rings (SSSR count). The summed E-state index contributed by atoms with van der Waals surface area (Å²) in [5.41, 5.74) is 0.605. The van der Waals surface area contributed by atoms with Gasteiger partial charge in [0, 0.05) is 49.0 Å². The summed E-state index contributed by atoms with van der Waals surface area (Å²) >= 11 is 3.66. The van der Waals surface area contributed by atoms with Crippen LogP contribution in [-0.4, -0.2) is 83.1 Å². The van der Waals surface area contributed by atoms with Gasteiger partial charge in [-0.2, -0.15) is 0 Å². The molecule has 3 N–H and O–H groups in total. The normalized spacial score (nSPS) is 30.4. The van der Waals surface area contributed by atoms with E-state index in [4.69, 9.17) is 4.74 Å². The maximum Gasteiger partial charge on any atom is 0.250 e. The van der Waals surface area contributed by atoms with Crippen LogP contribution >= 0.6 is 15.9 Å². The highest BCUT2D eigenvalue weighted by Crippen LogP contribution is 2.60. The molecule has 3 saturated heterocycles. The molecule has 6 atom stereocenters. The second-order valence-electron chi connectivity index (χ2n) is 9.77. The van der Waals surface area contributed by atoms with Crippen LogP contribution in [0.25, 0.3) is 0 Å². The maximum atomic E-state index is 13.8. The molecule has 0 radical (unpaired) electrons. The minimum Gasteiger partial charge on any atom is -0.396 e. The molecule has 1 aromatic rings. The summed E-state index contributed by atoms with van der Waals surface area (Å²) in [7, 11) is 0. The Morgan fingerprint density at radius 3 is 2.50 bits per heavy atom. The van der Waals surface area contributed by atoms with Gasteiger partial charge in [0.2, 0.25) is 17.7 Å². The number of benzene rings is 1. The Bertz CT molecular complexity index is 972. The number of aliphatic hydroxyl groups is 1. The third-order valence-electron chi connectivity index (χ3n) is 7.71. The number of nitrogens with one attached hydrogen (secondary N) is 2. The predicted octanol–water partition coefficient (Wildman–Crippen LogP) is 2.13. The van der Waals surface area contributed by atoms with Crippen LogP contribution in [0.4, 0.5) is 11.4 Å². The first-order chi connectivity index (χ1) is 17.3. The predicted molar refractivity (Wildman–Crippen MR) is 141 cm³/mol. The summed E-state index contributed by atoms with van der Waals surface area (Å²) in [6.07, 6.45) is 1.11. The lowest BCUT2D eigenvalue weighted by molar-refractivity contribution is -0.140. The van der Waals surface area contributed by atoms with Gasteiger partial charge in [-0.15, -0.1) is 0 Å². The number of carbonyl (C=O) groups excluding carboxylic acids is 3. The Morgan fingerprint density at radius 1 is 1.19 bits per heavy atom. The van der Waals surface area contributed by atoms with Crippen LogP contribution in [0.5, 0.6) is 0 Å². The SMILES string of the molecule is CCCNC(=O)[C@H]1[C@@H]2OC3(CC2Br)C(C(=O)Nc2ccc(N(CC)CC)cc2)N(CCCO)C(=O)[C@H]13. The molecule has 3 aliphatic rings. The van der Waals surface area contributed by atoms with E-state index in [2.05, 4.69) is 45.3 Å². The van der Waals surface area contributed by atoms with E-state index in [0.717, 1.165) is 25.2 Å². The van der Waals surface area contributed by atoms with E-state index in [1.807, 2.05) is 31.2 Å². The highest BCUT2D eigenvalue weighted by atomic mass is 79.9. The number of carbonyl (C=O) groups is 3. The highest BCUT2D eigenvalue weighted by molar-refractivity contribution is 9.09. The third kappa shape index (κ3) is 4.52. The first-order valence-corrected chi connectivity index (χ1v) is 13.9. The average molecular weight is 566 g/mol. The largest absolute Gasteiger partial charge is 0.396 e. The minimum absolute atomic E-state index is 0.104. The summed E-state index contributed by atoms with van der Waals surface area (Å²) in [5, 5.41) is 15.4. The summed E-state index contributed by atoms with van der Waals surface area (Å²) in [5.74, 6) is -2.19. The third-order valence-corrected chi connectivity index (χ3v) is 8.55. The van der Waals surface area contributed by atoms with Crippen molar-refractivity contribution in [2.75, 3.05) is 43.0 Å². The molecular formula is C26H37BrN4O5. The molecule has 1 spiro atoms. The van der Waals surface area contributed by atoms with Gasteiger partial charge in [0.1, 0.15) is 11.6 Å². The number of hydrogen-bond acceptors (Lipinski definition) is 6. The van der Waals surface area contributed by atoms with Crippen LogP contribution in [0, 0.1) is 11.8 Å². The molecule has 3 heterocycles. The number of fused-ring (bicyclic) bond motifs is 1. The number of halogens is 1. The smallest absolute Gasteiger partial charge is 0.250 e. The molecule has 198 valence electrons. The maximum absolute atomic E-state index is 13.8. The summed E-state index contributed by atoms with van der Waals surface area (Å²) in [6, 6.07) is 6.76. The lowest BCUT2D eigenvalue weighted by Crippen LogP contribution is -2.54. The van der Waals surface area contributed by atoms with E-state index in [0.29, 0.717) is 25.1 Å². The molecule has 36 heavy (non-hydrogen) atoms. The molecule has 0 aliphatic carbocycles. The van der Waals surface area contributed by atoms with Crippen molar-refractivity contribution in [3.63, 3.8) is 0 Å². The van der Waals surface area contributed by atoms with Crippen LogP contribution in [0.2, 0.25) is 0 Å². The molecule has 9 nitrogen and oxygen atoms in total. The topological polar surface area (TPSA) is 111 Å². The van der Waals surface area contributed by atoms with Gasteiger partial charge < -0.3 is 30.3 Å². The van der Waals surface area contributed by atoms with Gasteiger partial charge in [-0.25, -0.2) is 0 Å². The number of likely N-dealkylation sites (tertiary alicyclic amines) is 1. The van der Waals surface area contributed by atoms with Crippen molar-refractivity contribution in [2.45, 2.75) is 62.6 Å². The van der Waals surface area contributed by atoms with E-state index in [9.17, 15) is 19.5 Å². The van der Waals surface area contributed by atoms with Crippen molar-refractivity contribution >= 4 is 45.0 Å². The highest BCUT2D eigenvalue weighted by Gasteiger charge is 2.76. The van der Waals surface area contributed by atoms with Crippen molar-refractivity contribution in [3.05, 3.63) is 24.3 Å². The molecule has 3 fully saturated rings. The van der Waals surface area contributed by atoms with Crippen LogP contribution in [0.15, 0.2) is 24.3 Å². The number of alkyl halides is 1. The van der Waals surface area contributed by atoms with Crippen LogP contribution in [0.3, 0.4) is 0 Å². The second kappa shape index (κ2) is 11.1. The quantitative estimate of drug-likeness (QED) is 0.355. The Labute approximate surface area is 221 Å². The van der Waals surface area contributed by atoms with Crippen molar-refractivity contribution < 1.29 is 24.2 Å². The van der Waals surface area contributed by atoms with E-state index in [1.165, 1.54) is 4.90 Å². The molecule has 0 saturated carbocycles. The van der Waals surface area contributed by atoms with Crippen molar-refractivity contribution in [3.8, 4) is 0 Å². The van der Waals surface area contributed by atoms with Crippen LogP contribution < -0.4 is 15.5 Å². The van der Waals surface area contributed by atoms with Gasteiger partial charge in [0.15, 0.2) is 0 Å². The van der Waals surface area contributed by atoms with Gasteiger partial charge in [-0.3, -0.25) is 14.4 Å². The van der Waals surface area contributed by atoms with E-state index in [-0.39, 0.29) is 35.7 Å². The van der Waals surface area contributed by atoms with E-state index < -0.39 is 29.6 Å². The monoisotopic (exact) mass is 564 g/mol. The standard InChI is InChI=1S/C26H37BrN4O5/c1-4-12-28-23(33)19-20-25(35)31(13-7-14-32)22(26(20)15-18(27)21(19)36-26)24(34)29-16-8-10-17(11-9-16)30(5-2)6-3/h8-11,18-22,32H,4-7,12-15H2,1-3H3,(H,28,33)(H,29,34)/t18?,19-,20+,21-,22?,26?/m1/s1. The van der Waals surface area contributed by atoms with E-state index in [1.54, 1.807) is 0 Å². The fourth-order valence-corrected chi connectivity index (χ4v) is 7.07. The first kappa shape index (κ1) is 26.9. The van der Waals surface area contributed by atoms with Crippen LogP contribution in [0.1, 0.15) is 40.0 Å². The van der Waals surface area contributed by atoms with Gasteiger partial charge in [0.05, 0.1) is 17.9 Å². The fraction of sp³-hybridized carbons (Fsp3) is 0.654. The molecule has 2 bridgehead atoms. The zero-order valence-electron chi connectivity index (χ0n) is 21.2. The molecule has 0 aromatic heterocycles. The fourth-order valence-electron chi connectivity index (χ4n) is 6.13. The minimum atomic E-state index is -1.09. The molecule has 3 aliphatic heterocycles. The number of aliphatic hydroxyl groups excluding tert-OH is 1. The number of rotatable bonds is 11. The van der Waals surface area contributed by atoms with Gasteiger partial charge in [-0.05, 0) is 57.4 Å². The molecular weight excluding hydrogens is 528 g/mol. The molecule has 1 aromatic carbocycles. The summed E-state index contributed by atoms with van der Waals surface area (Å²) in [6.45, 7) is 8.56. The zero-order valence-corrected chi connectivity index (χ0v) is 22.8.